The number of hydrogen-bond donors (Lipinski definition) is 0. The Morgan fingerprint density at radius 2 is 2.35 bits per heavy atom. The van der Waals surface area contributed by atoms with Gasteiger partial charge in [0.25, 0.3) is 5.54 Å². The second kappa shape index (κ2) is 4.60. The van der Waals surface area contributed by atoms with Crippen LogP contribution in [-0.2, 0) is 14.3 Å². The second-order valence-electron chi connectivity index (χ2n) is 4.79. The maximum atomic E-state index is 11.4. The first-order valence-corrected chi connectivity index (χ1v) is 5.94. The molecule has 0 N–H and O–H groups in total. The smallest absolute Gasteiger partial charge is 0.306 e. The van der Waals surface area contributed by atoms with E-state index in [0.29, 0.717) is 13.0 Å². The predicted octanol–water partition coefficient (Wildman–Crippen LogP) is 1.15. The molecule has 2 fully saturated rings. The molecule has 0 aromatic carbocycles. The lowest BCUT2D eigenvalue weighted by Crippen LogP contribution is -2.53. The number of carbonyl (C=O) groups is 1. The van der Waals surface area contributed by atoms with Crippen LogP contribution in [0.25, 0.3) is 0 Å². The zero-order valence-electron chi connectivity index (χ0n) is 9.89. The van der Waals surface area contributed by atoms with Crippen LogP contribution >= 0.6 is 0 Å². The standard InChI is InChI=1S/C11H17NO5/c1-16-10(13)6-8-7-17-9-4-2-3-5-11(8,9)12(14)15/h8-9H,2-7H2,1H3/t8-,9-,11+/m1/s1. The fraction of sp³-hybridized carbons (Fsp3) is 0.909. The monoisotopic (exact) mass is 243 g/mol. The van der Waals surface area contributed by atoms with E-state index in [1.54, 1.807) is 0 Å². The van der Waals surface area contributed by atoms with Gasteiger partial charge in [-0.1, -0.05) is 6.42 Å². The number of carbonyl (C=O) groups excluding carboxylic acids is 1. The van der Waals surface area contributed by atoms with Gasteiger partial charge in [0.15, 0.2) is 0 Å². The van der Waals surface area contributed by atoms with Crippen LogP contribution in [0.4, 0.5) is 0 Å². The van der Waals surface area contributed by atoms with Gasteiger partial charge in [0.05, 0.1) is 26.1 Å². The number of fused-ring (bicyclic) bond motifs is 1. The van der Waals surface area contributed by atoms with Gasteiger partial charge in [-0.25, -0.2) is 0 Å². The number of methoxy groups -OCH3 is 1. The Hall–Kier alpha value is -1.17. The Kier molecular flexibility index (Phi) is 3.33. The highest BCUT2D eigenvalue weighted by molar-refractivity contribution is 5.69. The Balaban J connectivity index is 2.21. The van der Waals surface area contributed by atoms with Crippen LogP contribution in [0.1, 0.15) is 32.1 Å². The van der Waals surface area contributed by atoms with Crippen molar-refractivity contribution in [1.29, 1.82) is 0 Å². The summed E-state index contributed by atoms with van der Waals surface area (Å²) < 4.78 is 10.1. The zero-order valence-corrected chi connectivity index (χ0v) is 9.89. The van der Waals surface area contributed by atoms with E-state index in [9.17, 15) is 14.9 Å². The molecular weight excluding hydrogens is 226 g/mol. The summed E-state index contributed by atoms with van der Waals surface area (Å²) in [6.07, 6.45) is 2.77. The lowest BCUT2D eigenvalue weighted by molar-refractivity contribution is -0.587. The van der Waals surface area contributed by atoms with E-state index in [1.165, 1.54) is 7.11 Å². The van der Waals surface area contributed by atoms with Crippen LogP contribution in [0.2, 0.25) is 0 Å². The molecule has 0 unspecified atom stereocenters. The summed E-state index contributed by atoms with van der Waals surface area (Å²) in [7, 11) is 1.30. The van der Waals surface area contributed by atoms with Crippen LogP contribution in [-0.4, -0.2) is 36.3 Å². The molecule has 2 rings (SSSR count). The van der Waals surface area contributed by atoms with Crippen molar-refractivity contribution in [3.63, 3.8) is 0 Å². The Bertz CT molecular complexity index is 332. The van der Waals surface area contributed by atoms with E-state index in [4.69, 9.17) is 4.74 Å². The summed E-state index contributed by atoms with van der Waals surface area (Å²) >= 11 is 0. The molecule has 96 valence electrons. The van der Waals surface area contributed by atoms with Crippen molar-refractivity contribution in [2.24, 2.45) is 5.92 Å². The quantitative estimate of drug-likeness (QED) is 0.422. The average molecular weight is 243 g/mol. The minimum absolute atomic E-state index is 0.0774. The van der Waals surface area contributed by atoms with Gasteiger partial charge in [-0.2, -0.15) is 0 Å². The van der Waals surface area contributed by atoms with Gasteiger partial charge in [-0.15, -0.1) is 0 Å². The summed E-state index contributed by atoms with van der Waals surface area (Å²) in [4.78, 5) is 22.5. The molecule has 6 nitrogen and oxygen atoms in total. The van der Waals surface area contributed by atoms with Crippen molar-refractivity contribution in [3.8, 4) is 0 Å². The van der Waals surface area contributed by atoms with Crippen LogP contribution in [0.3, 0.4) is 0 Å². The van der Waals surface area contributed by atoms with Crippen molar-refractivity contribution >= 4 is 5.97 Å². The number of nitrogens with zero attached hydrogens (tertiary/aromatic N) is 1. The van der Waals surface area contributed by atoms with Crippen LogP contribution < -0.4 is 0 Å². The van der Waals surface area contributed by atoms with Gasteiger partial charge in [0.1, 0.15) is 6.10 Å². The van der Waals surface area contributed by atoms with E-state index in [1.807, 2.05) is 0 Å². The first kappa shape index (κ1) is 12.3. The topological polar surface area (TPSA) is 78.7 Å². The van der Waals surface area contributed by atoms with Crippen molar-refractivity contribution in [2.75, 3.05) is 13.7 Å². The molecule has 1 aliphatic carbocycles. The van der Waals surface area contributed by atoms with E-state index in [0.717, 1.165) is 19.3 Å². The van der Waals surface area contributed by atoms with E-state index in [-0.39, 0.29) is 23.4 Å². The molecule has 1 saturated heterocycles. The van der Waals surface area contributed by atoms with Gasteiger partial charge in [-0.05, 0) is 12.8 Å². The number of esters is 1. The average Bonchev–Trinajstić information content (AvgIpc) is 2.69. The first-order valence-electron chi connectivity index (χ1n) is 5.94. The van der Waals surface area contributed by atoms with Crippen LogP contribution in [0.15, 0.2) is 0 Å². The third-order valence-electron chi connectivity index (χ3n) is 4.04. The molecule has 0 aromatic heterocycles. The molecule has 0 bridgehead atoms. The molecule has 0 radical (unpaired) electrons. The zero-order chi connectivity index (χ0) is 12.5. The summed E-state index contributed by atoms with van der Waals surface area (Å²) in [6.45, 7) is 0.292. The largest absolute Gasteiger partial charge is 0.469 e. The highest BCUT2D eigenvalue weighted by atomic mass is 16.6. The molecular formula is C11H17NO5. The first-order chi connectivity index (χ1) is 8.11. The maximum absolute atomic E-state index is 11.4. The third kappa shape index (κ3) is 1.90. The van der Waals surface area contributed by atoms with Gasteiger partial charge in [0.2, 0.25) is 0 Å². The second-order valence-corrected chi connectivity index (χ2v) is 4.79. The molecule has 1 aliphatic heterocycles. The van der Waals surface area contributed by atoms with Gasteiger partial charge in [-0.3, -0.25) is 14.9 Å². The molecule has 1 heterocycles. The lowest BCUT2D eigenvalue weighted by Gasteiger charge is -2.33. The molecule has 1 saturated carbocycles. The van der Waals surface area contributed by atoms with Crippen molar-refractivity contribution in [2.45, 2.75) is 43.7 Å². The van der Waals surface area contributed by atoms with Crippen LogP contribution in [0.5, 0.6) is 0 Å². The predicted molar refractivity (Wildman–Crippen MR) is 58.1 cm³/mol. The van der Waals surface area contributed by atoms with Gasteiger partial charge < -0.3 is 9.47 Å². The molecule has 2 aliphatic rings. The summed E-state index contributed by atoms with van der Waals surface area (Å²) in [6, 6.07) is 0. The molecule has 0 spiro atoms. The summed E-state index contributed by atoms with van der Waals surface area (Å²) in [5.41, 5.74) is -1.06. The number of rotatable bonds is 3. The Morgan fingerprint density at radius 1 is 1.59 bits per heavy atom. The SMILES string of the molecule is COC(=O)C[C@@H]1CO[C@@H]2CCCC[C@]12[N+](=O)[O-]. The minimum atomic E-state index is -1.06. The van der Waals surface area contributed by atoms with Gasteiger partial charge >= 0.3 is 5.97 Å². The number of nitro groups is 1. The van der Waals surface area contributed by atoms with Gasteiger partial charge in [0, 0.05) is 11.3 Å². The molecule has 17 heavy (non-hydrogen) atoms. The number of hydrogen-bond acceptors (Lipinski definition) is 5. The highest BCUT2D eigenvalue weighted by Gasteiger charge is 2.62. The van der Waals surface area contributed by atoms with Crippen molar-refractivity contribution in [1.82, 2.24) is 0 Å². The summed E-state index contributed by atoms with van der Waals surface area (Å²) in [5.74, 6) is -0.749. The third-order valence-corrected chi connectivity index (χ3v) is 4.04. The highest BCUT2D eigenvalue weighted by Crippen LogP contribution is 2.45. The maximum Gasteiger partial charge on any atom is 0.306 e. The van der Waals surface area contributed by atoms with Crippen LogP contribution in [0, 0.1) is 16.0 Å². The normalized spacial score (nSPS) is 36.3. The van der Waals surface area contributed by atoms with E-state index in [2.05, 4.69) is 4.74 Å². The van der Waals surface area contributed by atoms with E-state index < -0.39 is 11.5 Å². The number of ether oxygens (including phenoxy) is 2. The lowest BCUT2D eigenvalue weighted by atomic mass is 9.72. The fourth-order valence-electron chi connectivity index (χ4n) is 3.10. The molecule has 0 amide bonds. The van der Waals surface area contributed by atoms with Crippen molar-refractivity contribution < 1.29 is 19.2 Å². The minimum Gasteiger partial charge on any atom is -0.469 e. The molecule has 3 atom stereocenters. The molecule has 6 heteroatoms. The molecule has 0 aromatic rings. The van der Waals surface area contributed by atoms with Crippen molar-refractivity contribution in [3.05, 3.63) is 10.1 Å². The Labute approximate surface area is 99.4 Å². The summed E-state index contributed by atoms with van der Waals surface area (Å²) in [5, 5.41) is 11.4. The Morgan fingerprint density at radius 3 is 3.00 bits per heavy atom. The van der Waals surface area contributed by atoms with E-state index >= 15 is 0 Å². The fourth-order valence-corrected chi connectivity index (χ4v) is 3.10.